The van der Waals surface area contributed by atoms with Gasteiger partial charge in [0.2, 0.25) is 0 Å². The molecule has 0 saturated carbocycles. The first kappa shape index (κ1) is 22.5. The molecule has 2 bridgehead atoms. The van der Waals surface area contributed by atoms with Gasteiger partial charge in [0.25, 0.3) is 0 Å². The minimum absolute atomic E-state index is 0.145. The average Bonchev–Trinajstić information content (AvgIpc) is 2.55. The van der Waals surface area contributed by atoms with E-state index in [1.165, 1.54) is 44.9 Å². The SMILES string of the molecule is CCCCCCCCCCC1(O)CC2CCCC(C1)N2C(=O)OC(C)(C)C. The Morgan fingerprint density at radius 2 is 1.52 bits per heavy atom. The topological polar surface area (TPSA) is 49.8 Å². The molecule has 2 saturated heterocycles. The molecule has 1 N–H and O–H groups in total. The third-order valence-electron chi connectivity index (χ3n) is 6.19. The number of amides is 1. The molecular formula is C23H43NO3. The van der Waals surface area contributed by atoms with Gasteiger partial charge in [-0.2, -0.15) is 0 Å². The van der Waals surface area contributed by atoms with Crippen molar-refractivity contribution < 1.29 is 14.6 Å². The lowest BCUT2D eigenvalue weighted by molar-refractivity contribution is -0.0965. The second kappa shape index (κ2) is 10.1. The van der Waals surface area contributed by atoms with E-state index in [1.54, 1.807) is 0 Å². The summed E-state index contributed by atoms with van der Waals surface area (Å²) in [5.41, 5.74) is -1.05. The highest BCUT2D eigenvalue weighted by molar-refractivity contribution is 5.69. The summed E-state index contributed by atoms with van der Waals surface area (Å²) in [6.07, 6.45) is 15.6. The number of rotatable bonds is 9. The number of ether oxygens (including phenoxy) is 1. The summed E-state index contributed by atoms with van der Waals surface area (Å²) in [4.78, 5) is 14.6. The highest BCUT2D eigenvalue weighted by Gasteiger charge is 2.47. The van der Waals surface area contributed by atoms with Crippen molar-refractivity contribution in [2.45, 2.75) is 141 Å². The lowest BCUT2D eigenvalue weighted by Crippen LogP contribution is -2.60. The van der Waals surface area contributed by atoms with Gasteiger partial charge in [-0.15, -0.1) is 0 Å². The molecular weight excluding hydrogens is 338 g/mol. The standard InChI is InChI=1S/C23H43NO3/c1-5-6-7-8-9-10-11-12-16-23(26)17-19-14-13-15-20(18-23)24(19)21(25)27-22(2,3)4/h19-20,26H,5-18H2,1-4H3. The lowest BCUT2D eigenvalue weighted by atomic mass is 9.73. The van der Waals surface area contributed by atoms with Crippen molar-refractivity contribution >= 4 is 6.09 Å². The minimum atomic E-state index is -0.587. The number of unbranched alkanes of at least 4 members (excludes halogenated alkanes) is 7. The van der Waals surface area contributed by atoms with E-state index in [-0.39, 0.29) is 18.2 Å². The minimum Gasteiger partial charge on any atom is -0.444 e. The van der Waals surface area contributed by atoms with E-state index in [2.05, 4.69) is 6.92 Å². The first-order chi connectivity index (χ1) is 12.7. The van der Waals surface area contributed by atoms with Crippen LogP contribution in [0.5, 0.6) is 0 Å². The van der Waals surface area contributed by atoms with E-state index in [0.717, 1.165) is 44.9 Å². The third kappa shape index (κ3) is 7.29. The molecule has 4 heteroatoms. The number of carbonyl (C=O) groups excluding carboxylic acids is 1. The maximum atomic E-state index is 12.7. The number of hydrogen-bond donors (Lipinski definition) is 1. The summed E-state index contributed by atoms with van der Waals surface area (Å²) < 4.78 is 5.64. The summed E-state index contributed by atoms with van der Waals surface area (Å²) in [6, 6.07) is 0.290. The Hall–Kier alpha value is -0.770. The van der Waals surface area contributed by atoms with Crippen LogP contribution in [0.25, 0.3) is 0 Å². The molecule has 4 nitrogen and oxygen atoms in total. The average molecular weight is 382 g/mol. The second-order valence-corrected chi connectivity index (χ2v) is 9.98. The van der Waals surface area contributed by atoms with Crippen LogP contribution in [0, 0.1) is 0 Å². The highest BCUT2D eigenvalue weighted by atomic mass is 16.6. The molecule has 2 aliphatic heterocycles. The molecule has 0 radical (unpaired) electrons. The zero-order chi connectivity index (χ0) is 19.9. The molecule has 2 aliphatic rings. The van der Waals surface area contributed by atoms with Crippen LogP contribution in [-0.4, -0.2) is 39.4 Å². The van der Waals surface area contributed by atoms with E-state index >= 15 is 0 Å². The largest absolute Gasteiger partial charge is 0.444 e. The predicted molar refractivity (Wildman–Crippen MR) is 111 cm³/mol. The molecule has 2 rings (SSSR count). The van der Waals surface area contributed by atoms with Crippen molar-refractivity contribution in [3.63, 3.8) is 0 Å². The number of hydrogen-bond acceptors (Lipinski definition) is 3. The molecule has 2 fully saturated rings. The monoisotopic (exact) mass is 381 g/mol. The number of aliphatic hydroxyl groups is 1. The second-order valence-electron chi connectivity index (χ2n) is 9.98. The molecule has 0 aromatic carbocycles. The van der Waals surface area contributed by atoms with Gasteiger partial charge in [-0.3, -0.25) is 0 Å². The molecule has 0 spiro atoms. The van der Waals surface area contributed by atoms with Crippen LogP contribution in [0.1, 0.15) is 118 Å². The van der Waals surface area contributed by atoms with E-state index in [4.69, 9.17) is 4.74 Å². The third-order valence-corrected chi connectivity index (χ3v) is 6.19. The van der Waals surface area contributed by atoms with Gasteiger partial charge in [-0.25, -0.2) is 4.79 Å². The molecule has 0 aromatic rings. The first-order valence-electron chi connectivity index (χ1n) is 11.5. The van der Waals surface area contributed by atoms with Gasteiger partial charge in [0, 0.05) is 12.1 Å². The van der Waals surface area contributed by atoms with Crippen molar-refractivity contribution in [3.8, 4) is 0 Å². The van der Waals surface area contributed by atoms with Gasteiger partial charge in [0.05, 0.1) is 5.60 Å². The zero-order valence-electron chi connectivity index (χ0n) is 18.3. The Labute approximate surface area is 167 Å². The van der Waals surface area contributed by atoms with Gasteiger partial charge in [0.1, 0.15) is 5.60 Å². The van der Waals surface area contributed by atoms with E-state index < -0.39 is 11.2 Å². The number of piperidine rings is 2. The molecule has 1 amide bonds. The Balaban J connectivity index is 1.78. The fourth-order valence-corrected chi connectivity index (χ4v) is 4.93. The first-order valence-corrected chi connectivity index (χ1v) is 11.5. The van der Waals surface area contributed by atoms with Gasteiger partial charge < -0.3 is 14.7 Å². The molecule has 158 valence electrons. The van der Waals surface area contributed by atoms with E-state index in [9.17, 15) is 9.90 Å². The van der Waals surface area contributed by atoms with Crippen molar-refractivity contribution in [2.75, 3.05) is 0 Å². The van der Waals surface area contributed by atoms with Crippen LogP contribution in [0.3, 0.4) is 0 Å². The molecule has 0 aliphatic carbocycles. The van der Waals surface area contributed by atoms with E-state index in [0.29, 0.717) is 0 Å². The normalized spacial score (nSPS) is 28.3. The molecule has 27 heavy (non-hydrogen) atoms. The van der Waals surface area contributed by atoms with Crippen LogP contribution in [0.2, 0.25) is 0 Å². The van der Waals surface area contributed by atoms with Crippen molar-refractivity contribution in [1.82, 2.24) is 4.90 Å². The van der Waals surface area contributed by atoms with Gasteiger partial charge in [-0.05, 0) is 59.3 Å². The maximum Gasteiger partial charge on any atom is 0.410 e. The molecule has 2 heterocycles. The summed E-state index contributed by atoms with van der Waals surface area (Å²) in [6.45, 7) is 8.01. The van der Waals surface area contributed by atoms with Crippen LogP contribution in [-0.2, 0) is 4.74 Å². The highest BCUT2D eigenvalue weighted by Crippen LogP contribution is 2.42. The van der Waals surface area contributed by atoms with Gasteiger partial charge >= 0.3 is 6.09 Å². The summed E-state index contributed by atoms with van der Waals surface area (Å²) >= 11 is 0. The van der Waals surface area contributed by atoms with Crippen LogP contribution >= 0.6 is 0 Å². The zero-order valence-corrected chi connectivity index (χ0v) is 18.3. The van der Waals surface area contributed by atoms with Crippen molar-refractivity contribution in [3.05, 3.63) is 0 Å². The number of nitrogens with zero attached hydrogens (tertiary/aromatic N) is 1. The fourth-order valence-electron chi connectivity index (χ4n) is 4.93. The van der Waals surface area contributed by atoms with Gasteiger partial charge in [-0.1, -0.05) is 58.3 Å². The summed E-state index contributed by atoms with van der Waals surface area (Å²) in [5, 5.41) is 11.2. The van der Waals surface area contributed by atoms with Crippen molar-refractivity contribution in [2.24, 2.45) is 0 Å². The number of carbonyl (C=O) groups is 1. The summed E-state index contributed by atoms with van der Waals surface area (Å²) in [7, 11) is 0. The molecule has 2 unspecified atom stereocenters. The van der Waals surface area contributed by atoms with Crippen LogP contribution in [0.4, 0.5) is 4.79 Å². The Bertz CT molecular complexity index is 443. The Morgan fingerprint density at radius 3 is 2.04 bits per heavy atom. The smallest absolute Gasteiger partial charge is 0.410 e. The summed E-state index contributed by atoms with van der Waals surface area (Å²) in [5.74, 6) is 0. The predicted octanol–water partition coefficient (Wildman–Crippen LogP) is 6.20. The molecule has 0 aromatic heterocycles. The van der Waals surface area contributed by atoms with Crippen LogP contribution < -0.4 is 0 Å². The van der Waals surface area contributed by atoms with E-state index in [1.807, 2.05) is 25.7 Å². The fraction of sp³-hybridized carbons (Fsp3) is 0.957. The molecule has 2 atom stereocenters. The number of fused-ring (bicyclic) bond motifs is 2. The van der Waals surface area contributed by atoms with Gasteiger partial charge in [0.15, 0.2) is 0 Å². The lowest BCUT2D eigenvalue weighted by Gasteiger charge is -2.51. The Morgan fingerprint density at radius 1 is 1.00 bits per heavy atom. The quantitative estimate of drug-likeness (QED) is 0.484. The maximum absolute atomic E-state index is 12.7. The Kier molecular flexibility index (Phi) is 8.45. The van der Waals surface area contributed by atoms with Crippen LogP contribution in [0.15, 0.2) is 0 Å². The van der Waals surface area contributed by atoms with Crippen molar-refractivity contribution in [1.29, 1.82) is 0 Å².